The fourth-order valence-electron chi connectivity index (χ4n) is 4.33. The van der Waals surface area contributed by atoms with Crippen LogP contribution in [0, 0.1) is 11.6 Å². The standard InChI is InChI=1S/C26H23F2N3O4/c1-33-17-7-9-20(24(14-17)34-2)30-26(32)31-11-3-4-22(31)25-29-21-12-15(5-10-23(21)35-25)18-8-6-16(27)13-19(18)28/h5-10,12-14,22H,3-4,11H2,1-2H3,(H,30,32). The molecule has 1 aromatic heterocycles. The average molecular weight is 479 g/mol. The first-order chi connectivity index (χ1) is 17.0. The van der Waals surface area contributed by atoms with Gasteiger partial charge in [0.2, 0.25) is 5.89 Å². The minimum atomic E-state index is -0.652. The Morgan fingerprint density at radius 1 is 1.09 bits per heavy atom. The number of hydrogen-bond acceptors (Lipinski definition) is 5. The van der Waals surface area contributed by atoms with Gasteiger partial charge in [-0.1, -0.05) is 6.07 Å². The minimum Gasteiger partial charge on any atom is -0.497 e. The van der Waals surface area contributed by atoms with Crippen LogP contribution in [0.4, 0.5) is 19.3 Å². The van der Waals surface area contributed by atoms with Crippen molar-refractivity contribution in [1.29, 1.82) is 0 Å². The second-order valence-corrected chi connectivity index (χ2v) is 8.21. The normalized spacial score (nSPS) is 15.4. The van der Waals surface area contributed by atoms with Crippen LogP contribution in [0.3, 0.4) is 0 Å². The number of oxazole rings is 1. The largest absolute Gasteiger partial charge is 0.497 e. The van der Waals surface area contributed by atoms with Crippen LogP contribution in [-0.2, 0) is 0 Å². The summed E-state index contributed by atoms with van der Waals surface area (Å²) in [5.74, 6) is 0.218. The van der Waals surface area contributed by atoms with Gasteiger partial charge in [0.25, 0.3) is 0 Å². The highest BCUT2D eigenvalue weighted by Gasteiger charge is 2.34. The summed E-state index contributed by atoms with van der Waals surface area (Å²) in [6, 6.07) is 13.0. The van der Waals surface area contributed by atoms with E-state index in [-0.39, 0.29) is 17.6 Å². The van der Waals surface area contributed by atoms with Crippen molar-refractivity contribution < 1.29 is 27.5 Å². The molecule has 35 heavy (non-hydrogen) atoms. The maximum absolute atomic E-state index is 14.3. The van der Waals surface area contributed by atoms with Gasteiger partial charge in [-0.25, -0.2) is 18.6 Å². The molecule has 1 N–H and O–H groups in total. The third-order valence-corrected chi connectivity index (χ3v) is 6.10. The van der Waals surface area contributed by atoms with E-state index in [4.69, 9.17) is 13.9 Å². The summed E-state index contributed by atoms with van der Waals surface area (Å²) in [4.78, 5) is 19.4. The van der Waals surface area contributed by atoms with Gasteiger partial charge in [0.05, 0.1) is 19.9 Å². The first-order valence-electron chi connectivity index (χ1n) is 11.1. The number of rotatable bonds is 5. The van der Waals surface area contributed by atoms with Crippen molar-refractivity contribution in [3.05, 3.63) is 72.1 Å². The lowest BCUT2D eigenvalue weighted by atomic mass is 10.0. The van der Waals surface area contributed by atoms with Gasteiger partial charge < -0.3 is 24.1 Å². The number of benzene rings is 3. The molecule has 0 saturated carbocycles. The van der Waals surface area contributed by atoms with Crippen molar-refractivity contribution in [3.8, 4) is 22.6 Å². The molecule has 7 nitrogen and oxygen atoms in total. The van der Waals surface area contributed by atoms with Gasteiger partial charge in [-0.15, -0.1) is 0 Å². The van der Waals surface area contributed by atoms with Crippen LogP contribution >= 0.6 is 0 Å². The smallest absolute Gasteiger partial charge is 0.322 e. The van der Waals surface area contributed by atoms with Gasteiger partial charge in [0.1, 0.15) is 34.7 Å². The van der Waals surface area contributed by atoms with Crippen LogP contribution in [0.15, 0.2) is 59.0 Å². The van der Waals surface area contributed by atoms with Crippen LogP contribution in [-0.4, -0.2) is 36.7 Å². The maximum atomic E-state index is 14.3. The number of amides is 2. The minimum absolute atomic E-state index is 0.271. The van der Waals surface area contributed by atoms with Crippen LogP contribution in [0.2, 0.25) is 0 Å². The number of urea groups is 1. The third kappa shape index (κ3) is 4.37. The number of fused-ring (bicyclic) bond motifs is 1. The molecule has 1 aliphatic heterocycles. The Labute approximate surface area is 200 Å². The molecule has 0 radical (unpaired) electrons. The Morgan fingerprint density at radius 3 is 2.71 bits per heavy atom. The van der Waals surface area contributed by atoms with E-state index in [0.717, 1.165) is 12.5 Å². The number of ether oxygens (including phenoxy) is 2. The van der Waals surface area contributed by atoms with E-state index in [2.05, 4.69) is 10.3 Å². The van der Waals surface area contributed by atoms with Gasteiger partial charge >= 0.3 is 6.03 Å². The molecule has 0 bridgehead atoms. The molecule has 4 aromatic rings. The maximum Gasteiger partial charge on any atom is 0.322 e. The quantitative estimate of drug-likeness (QED) is 0.371. The molecule has 0 aliphatic carbocycles. The molecule has 1 fully saturated rings. The molecular formula is C26H23F2N3O4. The Hall–Kier alpha value is -4.14. The van der Waals surface area contributed by atoms with Gasteiger partial charge in [0.15, 0.2) is 5.58 Å². The van der Waals surface area contributed by atoms with Crippen LogP contribution in [0.1, 0.15) is 24.8 Å². The van der Waals surface area contributed by atoms with Crippen molar-refractivity contribution in [3.63, 3.8) is 0 Å². The van der Waals surface area contributed by atoms with E-state index in [0.29, 0.717) is 52.7 Å². The number of nitrogens with one attached hydrogen (secondary N) is 1. The summed E-state index contributed by atoms with van der Waals surface area (Å²) < 4.78 is 44.1. The lowest BCUT2D eigenvalue weighted by molar-refractivity contribution is 0.198. The highest BCUT2D eigenvalue weighted by molar-refractivity contribution is 5.91. The molecule has 180 valence electrons. The second kappa shape index (κ2) is 9.25. The number of halogens is 2. The summed E-state index contributed by atoms with van der Waals surface area (Å²) in [5.41, 5.74) is 2.41. The van der Waals surface area contributed by atoms with E-state index >= 15 is 0 Å². The monoisotopic (exact) mass is 479 g/mol. The number of anilines is 1. The summed E-state index contributed by atoms with van der Waals surface area (Å²) in [6.45, 7) is 0.541. The zero-order chi connectivity index (χ0) is 24.5. The lowest BCUT2D eigenvalue weighted by Gasteiger charge is -2.23. The van der Waals surface area contributed by atoms with E-state index in [1.54, 1.807) is 48.4 Å². The van der Waals surface area contributed by atoms with Crippen LogP contribution in [0.5, 0.6) is 11.5 Å². The van der Waals surface area contributed by atoms with E-state index < -0.39 is 11.6 Å². The molecule has 5 rings (SSSR count). The summed E-state index contributed by atoms with van der Waals surface area (Å²) >= 11 is 0. The van der Waals surface area contributed by atoms with Crippen molar-refractivity contribution in [2.24, 2.45) is 0 Å². The Bertz CT molecular complexity index is 1400. The molecule has 1 atom stereocenters. The topological polar surface area (TPSA) is 76.8 Å². The molecule has 2 amide bonds. The predicted molar refractivity (Wildman–Crippen MR) is 127 cm³/mol. The highest BCUT2D eigenvalue weighted by atomic mass is 19.1. The number of aromatic nitrogens is 1. The van der Waals surface area contributed by atoms with E-state index in [9.17, 15) is 13.6 Å². The first-order valence-corrected chi connectivity index (χ1v) is 11.1. The van der Waals surface area contributed by atoms with Gasteiger partial charge in [-0.05, 0) is 54.8 Å². The lowest BCUT2D eigenvalue weighted by Crippen LogP contribution is -2.34. The molecular weight excluding hydrogens is 456 g/mol. The molecule has 3 aromatic carbocycles. The number of nitrogens with zero attached hydrogens (tertiary/aromatic N) is 2. The molecule has 1 aliphatic rings. The zero-order valence-electron chi connectivity index (χ0n) is 19.2. The third-order valence-electron chi connectivity index (χ3n) is 6.10. The number of carbonyl (C=O) groups is 1. The van der Waals surface area contributed by atoms with E-state index in [1.165, 1.54) is 19.2 Å². The Morgan fingerprint density at radius 2 is 1.94 bits per heavy atom. The zero-order valence-corrected chi connectivity index (χ0v) is 19.2. The summed E-state index contributed by atoms with van der Waals surface area (Å²) in [6.07, 6.45) is 1.49. The van der Waals surface area contributed by atoms with Crippen molar-refractivity contribution in [2.45, 2.75) is 18.9 Å². The first kappa shape index (κ1) is 22.6. The van der Waals surface area contributed by atoms with Crippen molar-refractivity contribution >= 4 is 22.8 Å². The number of carbonyl (C=O) groups excluding carboxylic acids is 1. The number of likely N-dealkylation sites (tertiary alicyclic amines) is 1. The SMILES string of the molecule is COc1ccc(NC(=O)N2CCCC2c2nc3cc(-c4ccc(F)cc4F)ccc3o2)c(OC)c1. The fourth-order valence-corrected chi connectivity index (χ4v) is 4.33. The Kier molecular flexibility index (Phi) is 5.98. The molecule has 9 heteroatoms. The number of methoxy groups -OCH3 is 2. The van der Waals surface area contributed by atoms with Crippen LogP contribution in [0.25, 0.3) is 22.2 Å². The predicted octanol–water partition coefficient (Wildman–Crippen LogP) is 6.16. The summed E-state index contributed by atoms with van der Waals surface area (Å²) in [7, 11) is 3.08. The fraction of sp³-hybridized carbons (Fsp3) is 0.231. The summed E-state index contributed by atoms with van der Waals surface area (Å²) in [5, 5.41) is 2.89. The van der Waals surface area contributed by atoms with Gasteiger partial charge in [0, 0.05) is 24.2 Å². The van der Waals surface area contributed by atoms with Crippen LogP contribution < -0.4 is 14.8 Å². The average Bonchev–Trinajstić information content (AvgIpc) is 3.51. The second-order valence-electron chi connectivity index (χ2n) is 8.21. The highest BCUT2D eigenvalue weighted by Crippen LogP contribution is 2.36. The molecule has 1 unspecified atom stereocenters. The van der Waals surface area contributed by atoms with E-state index in [1.807, 2.05) is 0 Å². The molecule has 0 spiro atoms. The number of hydrogen-bond donors (Lipinski definition) is 1. The van der Waals surface area contributed by atoms with Crippen molar-refractivity contribution in [1.82, 2.24) is 9.88 Å². The van der Waals surface area contributed by atoms with Gasteiger partial charge in [-0.3, -0.25) is 0 Å². The molecule has 2 heterocycles. The Balaban J connectivity index is 1.39. The van der Waals surface area contributed by atoms with Crippen molar-refractivity contribution in [2.75, 3.05) is 26.1 Å². The van der Waals surface area contributed by atoms with Gasteiger partial charge in [-0.2, -0.15) is 0 Å². The molecule has 1 saturated heterocycles.